The maximum absolute atomic E-state index is 12.9. The van der Waals surface area contributed by atoms with Gasteiger partial charge in [0.25, 0.3) is 0 Å². The van der Waals surface area contributed by atoms with Crippen molar-refractivity contribution in [1.29, 1.82) is 0 Å². The van der Waals surface area contributed by atoms with E-state index in [4.69, 9.17) is 4.52 Å². The second-order valence-electron chi connectivity index (χ2n) is 5.24. The zero-order valence-corrected chi connectivity index (χ0v) is 11.7. The molecule has 0 atom stereocenters. The lowest BCUT2D eigenvalue weighted by molar-refractivity contribution is 0.206. The highest BCUT2D eigenvalue weighted by Crippen LogP contribution is 2.29. The molecular weight excluding hydrogens is 273 g/mol. The van der Waals surface area contributed by atoms with E-state index in [9.17, 15) is 9.18 Å². The molecular formula is C15H16FN3O2. The topological polar surface area (TPSA) is 58.4 Å². The average molecular weight is 289 g/mol. The Morgan fingerprint density at radius 2 is 2.14 bits per heavy atom. The van der Waals surface area contributed by atoms with Crippen LogP contribution in [-0.4, -0.2) is 22.1 Å². The van der Waals surface area contributed by atoms with Crippen molar-refractivity contribution in [2.45, 2.75) is 32.4 Å². The fourth-order valence-electron chi connectivity index (χ4n) is 2.15. The minimum atomic E-state index is -0.278. The summed E-state index contributed by atoms with van der Waals surface area (Å²) >= 11 is 0. The first-order valence-corrected chi connectivity index (χ1v) is 6.87. The lowest BCUT2D eigenvalue weighted by Crippen LogP contribution is -2.36. The Morgan fingerprint density at radius 1 is 1.43 bits per heavy atom. The average Bonchev–Trinajstić information content (AvgIpc) is 3.21. The van der Waals surface area contributed by atoms with Crippen LogP contribution in [0, 0.1) is 12.7 Å². The molecule has 0 spiro atoms. The molecule has 0 unspecified atom stereocenters. The Labute approximate surface area is 121 Å². The number of benzene rings is 1. The summed E-state index contributed by atoms with van der Waals surface area (Å²) in [5.74, 6) is 0.767. The lowest BCUT2D eigenvalue weighted by Gasteiger charge is -2.22. The van der Waals surface area contributed by atoms with Crippen LogP contribution in [0.5, 0.6) is 0 Å². The van der Waals surface area contributed by atoms with E-state index in [1.165, 1.54) is 12.1 Å². The summed E-state index contributed by atoms with van der Waals surface area (Å²) in [4.78, 5) is 14.1. The third-order valence-electron chi connectivity index (χ3n) is 3.38. The van der Waals surface area contributed by atoms with Crippen molar-refractivity contribution in [3.8, 4) is 0 Å². The first-order valence-electron chi connectivity index (χ1n) is 6.87. The van der Waals surface area contributed by atoms with Gasteiger partial charge in [-0.05, 0) is 37.5 Å². The smallest absolute Gasteiger partial charge is 0.323 e. The van der Waals surface area contributed by atoms with Gasteiger partial charge < -0.3 is 9.42 Å². The first kappa shape index (κ1) is 13.6. The largest absolute Gasteiger partial charge is 0.360 e. The third-order valence-corrected chi connectivity index (χ3v) is 3.38. The van der Waals surface area contributed by atoms with E-state index < -0.39 is 0 Å². The van der Waals surface area contributed by atoms with Crippen LogP contribution < -0.4 is 5.32 Å². The second kappa shape index (κ2) is 5.55. The van der Waals surface area contributed by atoms with Gasteiger partial charge in [-0.15, -0.1) is 0 Å². The third kappa shape index (κ3) is 3.39. The van der Waals surface area contributed by atoms with Gasteiger partial charge in [-0.2, -0.15) is 0 Å². The fourth-order valence-corrected chi connectivity index (χ4v) is 2.15. The summed E-state index contributed by atoms with van der Waals surface area (Å²) in [5, 5.41) is 6.48. The van der Waals surface area contributed by atoms with Crippen LogP contribution in [0.4, 0.5) is 15.0 Å². The molecule has 0 aliphatic heterocycles. The van der Waals surface area contributed by atoms with Gasteiger partial charge in [0.05, 0.1) is 0 Å². The first-order chi connectivity index (χ1) is 10.1. The van der Waals surface area contributed by atoms with Gasteiger partial charge in [-0.25, -0.2) is 9.18 Å². The Balaban J connectivity index is 1.69. The van der Waals surface area contributed by atoms with E-state index in [-0.39, 0.29) is 17.9 Å². The fraction of sp³-hybridized carbons (Fsp3) is 0.333. The Morgan fingerprint density at radius 3 is 2.71 bits per heavy atom. The van der Waals surface area contributed by atoms with Crippen LogP contribution in [0.1, 0.15) is 24.2 Å². The Kier molecular flexibility index (Phi) is 3.60. The van der Waals surface area contributed by atoms with E-state index in [0.717, 1.165) is 18.4 Å². The zero-order valence-electron chi connectivity index (χ0n) is 11.7. The molecule has 1 fully saturated rings. The molecule has 0 bridgehead atoms. The predicted octanol–water partition coefficient (Wildman–Crippen LogP) is 3.32. The SMILES string of the molecule is Cc1cc(NC(=O)N(Cc2ccc(F)cc2)C2CC2)no1. The molecule has 1 saturated carbocycles. The second-order valence-corrected chi connectivity index (χ2v) is 5.24. The van der Waals surface area contributed by atoms with E-state index in [0.29, 0.717) is 18.1 Å². The predicted molar refractivity (Wildman–Crippen MR) is 75.2 cm³/mol. The van der Waals surface area contributed by atoms with E-state index in [1.54, 1.807) is 30.0 Å². The van der Waals surface area contributed by atoms with Gasteiger partial charge in [0.15, 0.2) is 5.82 Å². The van der Waals surface area contributed by atoms with Crippen LogP contribution in [-0.2, 0) is 6.54 Å². The number of amides is 2. The van der Waals surface area contributed by atoms with Gasteiger partial charge in [0.2, 0.25) is 0 Å². The quantitative estimate of drug-likeness (QED) is 0.939. The van der Waals surface area contributed by atoms with Crippen LogP contribution in [0.2, 0.25) is 0 Å². The molecule has 21 heavy (non-hydrogen) atoms. The zero-order chi connectivity index (χ0) is 14.8. The number of nitrogens with one attached hydrogen (secondary N) is 1. The number of carbonyl (C=O) groups is 1. The van der Waals surface area contributed by atoms with Crippen molar-refractivity contribution in [3.05, 3.63) is 47.5 Å². The monoisotopic (exact) mass is 289 g/mol. The normalized spacial score (nSPS) is 14.0. The molecule has 1 aliphatic carbocycles. The van der Waals surface area contributed by atoms with E-state index >= 15 is 0 Å². The van der Waals surface area contributed by atoms with Gasteiger partial charge in [-0.1, -0.05) is 17.3 Å². The molecule has 110 valence electrons. The van der Waals surface area contributed by atoms with Crippen molar-refractivity contribution >= 4 is 11.8 Å². The van der Waals surface area contributed by atoms with Crippen LogP contribution >= 0.6 is 0 Å². The van der Waals surface area contributed by atoms with Gasteiger partial charge in [-0.3, -0.25) is 5.32 Å². The molecule has 1 aromatic carbocycles. The van der Waals surface area contributed by atoms with Crippen LogP contribution in [0.15, 0.2) is 34.9 Å². The number of urea groups is 1. The highest BCUT2D eigenvalue weighted by atomic mass is 19.1. The molecule has 3 rings (SSSR count). The molecule has 1 N–H and O–H groups in total. The lowest BCUT2D eigenvalue weighted by atomic mass is 10.2. The minimum absolute atomic E-state index is 0.213. The van der Waals surface area contributed by atoms with Gasteiger partial charge >= 0.3 is 6.03 Å². The van der Waals surface area contributed by atoms with Crippen LogP contribution in [0.3, 0.4) is 0 Å². The van der Waals surface area contributed by atoms with E-state index in [1.807, 2.05) is 0 Å². The molecule has 0 saturated heterocycles. The maximum Gasteiger partial charge on any atom is 0.323 e. The van der Waals surface area contributed by atoms with Gasteiger partial charge in [0, 0.05) is 18.7 Å². The van der Waals surface area contributed by atoms with Crippen molar-refractivity contribution in [1.82, 2.24) is 10.1 Å². The number of aryl methyl sites for hydroxylation is 1. The Hall–Kier alpha value is -2.37. The number of rotatable bonds is 4. The van der Waals surface area contributed by atoms with E-state index in [2.05, 4.69) is 10.5 Å². The summed E-state index contributed by atoms with van der Waals surface area (Å²) in [6, 6.07) is 7.88. The molecule has 2 aromatic rings. The maximum atomic E-state index is 12.9. The number of nitrogens with zero attached hydrogens (tertiary/aromatic N) is 2. The summed E-state index contributed by atoms with van der Waals surface area (Å²) in [5.41, 5.74) is 0.898. The number of halogens is 1. The number of aromatic nitrogens is 1. The molecule has 1 aromatic heterocycles. The minimum Gasteiger partial charge on any atom is -0.360 e. The molecule has 0 radical (unpaired) electrons. The van der Waals surface area contributed by atoms with Crippen molar-refractivity contribution < 1.29 is 13.7 Å². The number of hydrogen-bond acceptors (Lipinski definition) is 3. The van der Waals surface area contributed by atoms with Crippen LogP contribution in [0.25, 0.3) is 0 Å². The standard InChI is InChI=1S/C15H16FN3O2/c1-10-8-14(18-21-10)17-15(20)19(13-6-7-13)9-11-2-4-12(16)5-3-11/h2-5,8,13H,6-7,9H2,1H3,(H,17,18,20). The summed E-state index contributed by atoms with van der Waals surface area (Å²) < 4.78 is 17.9. The van der Waals surface area contributed by atoms with Crippen molar-refractivity contribution in [2.24, 2.45) is 0 Å². The summed E-state index contributed by atoms with van der Waals surface area (Å²) in [7, 11) is 0. The Bertz CT molecular complexity index is 635. The molecule has 6 heteroatoms. The molecule has 1 heterocycles. The van der Waals surface area contributed by atoms with Gasteiger partial charge in [0.1, 0.15) is 11.6 Å². The number of carbonyl (C=O) groups excluding carboxylic acids is 1. The molecule has 1 aliphatic rings. The van der Waals surface area contributed by atoms with Crippen molar-refractivity contribution in [3.63, 3.8) is 0 Å². The molecule has 5 nitrogen and oxygen atoms in total. The highest BCUT2D eigenvalue weighted by molar-refractivity contribution is 5.88. The van der Waals surface area contributed by atoms with Crippen molar-refractivity contribution in [2.75, 3.05) is 5.32 Å². The number of hydrogen-bond donors (Lipinski definition) is 1. The highest BCUT2D eigenvalue weighted by Gasteiger charge is 2.32. The summed E-state index contributed by atoms with van der Waals surface area (Å²) in [6.45, 7) is 2.22. The summed E-state index contributed by atoms with van der Waals surface area (Å²) in [6.07, 6.45) is 1.99. The molecule has 2 amide bonds. The number of anilines is 1.